The number of benzene rings is 1. The smallest absolute Gasteiger partial charge is 0.238 e. The van der Waals surface area contributed by atoms with Gasteiger partial charge in [0.1, 0.15) is 5.82 Å². The van der Waals surface area contributed by atoms with Crippen LogP contribution in [0, 0.1) is 12.7 Å². The van der Waals surface area contributed by atoms with Gasteiger partial charge in [-0.15, -0.1) is 0 Å². The van der Waals surface area contributed by atoms with Gasteiger partial charge in [0, 0.05) is 11.2 Å². The van der Waals surface area contributed by atoms with Crippen LogP contribution >= 0.6 is 0 Å². The van der Waals surface area contributed by atoms with Gasteiger partial charge in [-0.25, -0.2) is 4.39 Å². The standard InChI is InChI=1S/C13H19FN2O/c1-9-5-10(14)7-11(6-9)16-12(17)8-15-13(2,3)4/h5-7,15H,8H2,1-4H3,(H,16,17). The molecule has 94 valence electrons. The van der Waals surface area contributed by atoms with Crippen molar-refractivity contribution in [1.82, 2.24) is 5.32 Å². The third-order valence-corrected chi connectivity index (χ3v) is 2.11. The Morgan fingerprint density at radius 1 is 1.29 bits per heavy atom. The zero-order chi connectivity index (χ0) is 13.1. The van der Waals surface area contributed by atoms with Gasteiger partial charge in [0.25, 0.3) is 0 Å². The van der Waals surface area contributed by atoms with Crippen molar-refractivity contribution in [3.63, 3.8) is 0 Å². The molecule has 0 unspecified atom stereocenters. The highest BCUT2D eigenvalue weighted by molar-refractivity contribution is 5.92. The van der Waals surface area contributed by atoms with Crippen molar-refractivity contribution in [3.8, 4) is 0 Å². The summed E-state index contributed by atoms with van der Waals surface area (Å²) in [6.07, 6.45) is 0. The molecule has 1 aromatic rings. The summed E-state index contributed by atoms with van der Waals surface area (Å²) in [7, 11) is 0. The molecule has 1 rings (SSSR count). The lowest BCUT2D eigenvalue weighted by atomic mass is 10.1. The van der Waals surface area contributed by atoms with E-state index < -0.39 is 0 Å². The highest BCUT2D eigenvalue weighted by atomic mass is 19.1. The minimum Gasteiger partial charge on any atom is -0.325 e. The van der Waals surface area contributed by atoms with Gasteiger partial charge in [-0.3, -0.25) is 4.79 Å². The van der Waals surface area contributed by atoms with Crippen LogP contribution in [0.15, 0.2) is 18.2 Å². The first kappa shape index (κ1) is 13.6. The van der Waals surface area contributed by atoms with Crippen molar-refractivity contribution in [2.45, 2.75) is 33.2 Å². The van der Waals surface area contributed by atoms with E-state index in [1.807, 2.05) is 20.8 Å². The Hall–Kier alpha value is -1.42. The lowest BCUT2D eigenvalue weighted by molar-refractivity contribution is -0.115. The van der Waals surface area contributed by atoms with Crippen molar-refractivity contribution in [2.75, 3.05) is 11.9 Å². The fraction of sp³-hybridized carbons (Fsp3) is 0.462. The van der Waals surface area contributed by atoms with E-state index in [-0.39, 0.29) is 23.8 Å². The number of nitrogens with one attached hydrogen (secondary N) is 2. The molecule has 0 fully saturated rings. The molecule has 0 spiro atoms. The van der Waals surface area contributed by atoms with E-state index >= 15 is 0 Å². The summed E-state index contributed by atoms with van der Waals surface area (Å²) in [5.41, 5.74) is 1.15. The summed E-state index contributed by atoms with van der Waals surface area (Å²) in [5.74, 6) is -0.519. The molecule has 1 amide bonds. The van der Waals surface area contributed by atoms with E-state index in [0.29, 0.717) is 5.69 Å². The molecular formula is C13H19FN2O. The maximum Gasteiger partial charge on any atom is 0.238 e. The molecule has 0 bridgehead atoms. The van der Waals surface area contributed by atoms with Crippen LogP contribution in [0.25, 0.3) is 0 Å². The molecule has 0 aliphatic carbocycles. The third kappa shape index (κ3) is 5.45. The van der Waals surface area contributed by atoms with Crippen LogP contribution in [0.4, 0.5) is 10.1 Å². The zero-order valence-corrected chi connectivity index (χ0v) is 10.7. The van der Waals surface area contributed by atoms with Gasteiger partial charge < -0.3 is 10.6 Å². The quantitative estimate of drug-likeness (QED) is 0.849. The Bertz CT molecular complexity index is 390. The Kier molecular flexibility index (Phi) is 4.23. The largest absolute Gasteiger partial charge is 0.325 e. The molecule has 0 aromatic heterocycles. The summed E-state index contributed by atoms with van der Waals surface area (Å²) in [4.78, 5) is 11.6. The molecule has 0 heterocycles. The number of anilines is 1. The maximum atomic E-state index is 13.1. The third-order valence-electron chi connectivity index (χ3n) is 2.11. The average molecular weight is 238 g/mol. The molecule has 3 nitrogen and oxygen atoms in total. The number of carbonyl (C=O) groups is 1. The molecule has 0 saturated heterocycles. The van der Waals surface area contributed by atoms with Gasteiger partial charge in [0.2, 0.25) is 5.91 Å². The number of hydrogen-bond acceptors (Lipinski definition) is 2. The van der Waals surface area contributed by atoms with Crippen LogP contribution in [0.3, 0.4) is 0 Å². The first-order valence-corrected chi connectivity index (χ1v) is 5.58. The predicted molar refractivity (Wildman–Crippen MR) is 67.5 cm³/mol. The zero-order valence-electron chi connectivity index (χ0n) is 10.7. The molecule has 4 heteroatoms. The Labute approximate surface area is 101 Å². The lowest BCUT2D eigenvalue weighted by Gasteiger charge is -2.20. The molecule has 0 radical (unpaired) electrons. The van der Waals surface area contributed by atoms with E-state index in [9.17, 15) is 9.18 Å². The molecule has 0 aliphatic rings. The Morgan fingerprint density at radius 3 is 2.47 bits per heavy atom. The maximum absolute atomic E-state index is 13.1. The molecule has 17 heavy (non-hydrogen) atoms. The molecule has 0 aliphatic heterocycles. The fourth-order valence-electron chi connectivity index (χ4n) is 1.36. The van der Waals surface area contributed by atoms with Crippen LogP contribution in [0.5, 0.6) is 0 Å². The summed E-state index contributed by atoms with van der Waals surface area (Å²) in [5, 5.41) is 5.72. The van der Waals surface area contributed by atoms with E-state index in [1.54, 1.807) is 13.0 Å². The topological polar surface area (TPSA) is 41.1 Å². The molecule has 0 atom stereocenters. The van der Waals surface area contributed by atoms with Crippen molar-refractivity contribution in [2.24, 2.45) is 0 Å². The van der Waals surface area contributed by atoms with Crippen molar-refractivity contribution in [1.29, 1.82) is 0 Å². The van der Waals surface area contributed by atoms with Gasteiger partial charge in [-0.2, -0.15) is 0 Å². The number of amides is 1. The fourth-order valence-corrected chi connectivity index (χ4v) is 1.36. The molecular weight excluding hydrogens is 219 g/mol. The van der Waals surface area contributed by atoms with Gasteiger partial charge in [-0.1, -0.05) is 0 Å². The van der Waals surface area contributed by atoms with Crippen LogP contribution in [0.2, 0.25) is 0 Å². The highest BCUT2D eigenvalue weighted by Gasteiger charge is 2.11. The second-order valence-corrected chi connectivity index (χ2v) is 5.17. The second kappa shape index (κ2) is 5.27. The van der Waals surface area contributed by atoms with Gasteiger partial charge in [0.05, 0.1) is 6.54 Å². The summed E-state index contributed by atoms with van der Waals surface area (Å²) >= 11 is 0. The van der Waals surface area contributed by atoms with E-state index in [0.717, 1.165) is 5.56 Å². The van der Waals surface area contributed by atoms with Crippen LogP contribution in [-0.4, -0.2) is 18.0 Å². The van der Waals surface area contributed by atoms with Crippen molar-refractivity contribution < 1.29 is 9.18 Å². The van der Waals surface area contributed by atoms with E-state index in [2.05, 4.69) is 10.6 Å². The van der Waals surface area contributed by atoms with Gasteiger partial charge in [0.15, 0.2) is 0 Å². The van der Waals surface area contributed by atoms with Gasteiger partial charge in [-0.05, 0) is 51.5 Å². The Balaban J connectivity index is 2.56. The van der Waals surface area contributed by atoms with Crippen LogP contribution < -0.4 is 10.6 Å². The summed E-state index contributed by atoms with van der Waals surface area (Å²) in [6, 6.07) is 4.46. The molecule has 2 N–H and O–H groups in total. The molecule has 0 saturated carbocycles. The monoisotopic (exact) mass is 238 g/mol. The van der Waals surface area contributed by atoms with Crippen LogP contribution in [-0.2, 0) is 4.79 Å². The average Bonchev–Trinajstić information content (AvgIpc) is 2.11. The predicted octanol–water partition coefficient (Wildman–Crippen LogP) is 2.46. The molecule has 1 aromatic carbocycles. The second-order valence-electron chi connectivity index (χ2n) is 5.17. The van der Waals surface area contributed by atoms with E-state index in [4.69, 9.17) is 0 Å². The normalized spacial score (nSPS) is 11.4. The van der Waals surface area contributed by atoms with Gasteiger partial charge >= 0.3 is 0 Å². The first-order valence-electron chi connectivity index (χ1n) is 5.58. The van der Waals surface area contributed by atoms with Crippen molar-refractivity contribution >= 4 is 11.6 Å². The lowest BCUT2D eigenvalue weighted by Crippen LogP contribution is -2.41. The SMILES string of the molecule is Cc1cc(F)cc(NC(=O)CNC(C)(C)C)c1. The number of aryl methyl sites for hydroxylation is 1. The number of rotatable bonds is 3. The number of carbonyl (C=O) groups excluding carboxylic acids is 1. The Morgan fingerprint density at radius 2 is 1.94 bits per heavy atom. The summed E-state index contributed by atoms with van der Waals surface area (Å²) in [6.45, 7) is 7.93. The number of halogens is 1. The minimum absolute atomic E-state index is 0.116. The van der Waals surface area contributed by atoms with E-state index in [1.165, 1.54) is 12.1 Å². The number of hydrogen-bond donors (Lipinski definition) is 2. The van der Waals surface area contributed by atoms with Crippen LogP contribution in [0.1, 0.15) is 26.3 Å². The van der Waals surface area contributed by atoms with Crippen molar-refractivity contribution in [3.05, 3.63) is 29.6 Å². The first-order chi connectivity index (χ1) is 7.76. The highest BCUT2D eigenvalue weighted by Crippen LogP contribution is 2.13. The summed E-state index contributed by atoms with van der Waals surface area (Å²) < 4.78 is 13.1. The minimum atomic E-state index is -0.343.